The van der Waals surface area contributed by atoms with Crippen molar-refractivity contribution >= 4 is 17.5 Å². The summed E-state index contributed by atoms with van der Waals surface area (Å²) in [4.78, 5) is 12.0. The number of amides is 1. The Morgan fingerprint density at radius 1 is 1.35 bits per heavy atom. The van der Waals surface area contributed by atoms with Crippen molar-refractivity contribution in [1.29, 1.82) is 0 Å². The predicted octanol–water partition coefficient (Wildman–Crippen LogP) is 3.57. The fraction of sp³-hybridized carbons (Fsp3) is 0.500. The molecular weight excluding hydrogens is 234 g/mol. The second-order valence-electron chi connectivity index (χ2n) is 5.11. The highest BCUT2D eigenvalue weighted by molar-refractivity contribution is 6.31. The number of carbonyl (C=O) groups excluding carboxylic acids is 1. The third-order valence-corrected chi connectivity index (χ3v) is 3.55. The van der Waals surface area contributed by atoms with Gasteiger partial charge in [-0.1, -0.05) is 18.5 Å². The van der Waals surface area contributed by atoms with Crippen molar-refractivity contribution in [2.24, 2.45) is 5.92 Å². The van der Waals surface area contributed by atoms with Gasteiger partial charge in [0.05, 0.1) is 0 Å². The van der Waals surface area contributed by atoms with Crippen molar-refractivity contribution in [2.75, 3.05) is 0 Å². The van der Waals surface area contributed by atoms with E-state index < -0.39 is 0 Å². The first-order valence-corrected chi connectivity index (χ1v) is 6.50. The molecule has 1 aliphatic carbocycles. The van der Waals surface area contributed by atoms with Gasteiger partial charge in [0.25, 0.3) is 5.91 Å². The zero-order chi connectivity index (χ0) is 12.4. The highest BCUT2D eigenvalue weighted by atomic mass is 35.5. The summed E-state index contributed by atoms with van der Waals surface area (Å²) in [6, 6.07) is 5.79. The van der Waals surface area contributed by atoms with Crippen LogP contribution in [0, 0.1) is 12.8 Å². The Balaban J connectivity index is 2.04. The van der Waals surface area contributed by atoms with Crippen LogP contribution in [0.3, 0.4) is 0 Å². The number of carbonyl (C=O) groups is 1. The summed E-state index contributed by atoms with van der Waals surface area (Å²) in [6.45, 7) is 4.18. The van der Waals surface area contributed by atoms with Gasteiger partial charge in [-0.25, -0.2) is 0 Å². The van der Waals surface area contributed by atoms with E-state index in [0.717, 1.165) is 24.3 Å². The molecule has 1 fully saturated rings. The Labute approximate surface area is 107 Å². The molecule has 1 saturated carbocycles. The van der Waals surface area contributed by atoms with E-state index in [0.29, 0.717) is 16.6 Å². The lowest BCUT2D eigenvalue weighted by atomic mass is 10.1. The number of rotatable bonds is 2. The lowest BCUT2D eigenvalue weighted by Crippen LogP contribution is -2.32. The average Bonchev–Trinajstić information content (AvgIpc) is 2.62. The molecule has 2 nitrogen and oxygen atoms in total. The van der Waals surface area contributed by atoms with Crippen LogP contribution < -0.4 is 5.32 Å². The van der Waals surface area contributed by atoms with Gasteiger partial charge in [-0.3, -0.25) is 4.79 Å². The molecule has 0 bridgehead atoms. The molecule has 1 aromatic carbocycles. The number of benzene rings is 1. The van der Waals surface area contributed by atoms with Crippen molar-refractivity contribution in [3.8, 4) is 0 Å². The quantitative estimate of drug-likeness (QED) is 0.856. The monoisotopic (exact) mass is 251 g/mol. The predicted molar refractivity (Wildman–Crippen MR) is 70.5 cm³/mol. The first-order valence-electron chi connectivity index (χ1n) is 6.12. The second-order valence-corrected chi connectivity index (χ2v) is 5.54. The van der Waals surface area contributed by atoms with Crippen molar-refractivity contribution in [1.82, 2.24) is 5.32 Å². The van der Waals surface area contributed by atoms with Crippen LogP contribution in [0.5, 0.6) is 0 Å². The average molecular weight is 252 g/mol. The van der Waals surface area contributed by atoms with Crippen molar-refractivity contribution in [3.05, 3.63) is 34.3 Å². The Bertz CT molecular complexity index is 410. The van der Waals surface area contributed by atoms with Crippen molar-refractivity contribution < 1.29 is 4.79 Å². The molecule has 0 aromatic heterocycles. The van der Waals surface area contributed by atoms with Crippen LogP contribution in [-0.2, 0) is 0 Å². The van der Waals surface area contributed by atoms with Gasteiger partial charge in [0.1, 0.15) is 0 Å². The molecule has 17 heavy (non-hydrogen) atoms. The van der Waals surface area contributed by atoms with Crippen LogP contribution in [-0.4, -0.2) is 11.9 Å². The number of hydrogen-bond donors (Lipinski definition) is 1. The minimum Gasteiger partial charge on any atom is -0.349 e. The van der Waals surface area contributed by atoms with E-state index in [1.807, 2.05) is 19.1 Å². The van der Waals surface area contributed by atoms with Gasteiger partial charge in [-0.05, 0) is 55.9 Å². The highest BCUT2D eigenvalue weighted by Crippen LogP contribution is 2.25. The SMILES string of the molecule is Cc1cc(Cl)cc(C(=O)NC2CCC(C)C2)c1. The molecule has 2 unspecified atom stereocenters. The molecule has 0 heterocycles. The van der Waals surface area contributed by atoms with E-state index in [4.69, 9.17) is 11.6 Å². The van der Waals surface area contributed by atoms with E-state index in [-0.39, 0.29) is 5.91 Å². The fourth-order valence-electron chi connectivity index (χ4n) is 2.47. The summed E-state index contributed by atoms with van der Waals surface area (Å²) in [5.41, 5.74) is 1.68. The van der Waals surface area contributed by atoms with Gasteiger partial charge in [0.15, 0.2) is 0 Å². The Hall–Kier alpha value is -1.02. The highest BCUT2D eigenvalue weighted by Gasteiger charge is 2.23. The van der Waals surface area contributed by atoms with Gasteiger partial charge in [0.2, 0.25) is 0 Å². The van der Waals surface area contributed by atoms with E-state index in [9.17, 15) is 4.79 Å². The smallest absolute Gasteiger partial charge is 0.251 e. The minimum absolute atomic E-state index is 0.00491. The summed E-state index contributed by atoms with van der Waals surface area (Å²) >= 11 is 5.95. The van der Waals surface area contributed by atoms with Crippen LogP contribution in [0.4, 0.5) is 0 Å². The summed E-state index contributed by atoms with van der Waals surface area (Å²) in [5, 5.41) is 3.70. The third-order valence-electron chi connectivity index (χ3n) is 3.33. The molecule has 2 atom stereocenters. The summed E-state index contributed by atoms with van der Waals surface area (Å²) in [7, 11) is 0. The molecule has 1 amide bonds. The maximum Gasteiger partial charge on any atom is 0.251 e. The standard InChI is InChI=1S/C14H18ClNO/c1-9-3-4-13(7-9)16-14(17)11-5-10(2)6-12(15)8-11/h5-6,8-9,13H,3-4,7H2,1-2H3,(H,16,17). The lowest BCUT2D eigenvalue weighted by Gasteiger charge is -2.13. The topological polar surface area (TPSA) is 29.1 Å². The molecule has 2 rings (SSSR count). The van der Waals surface area contributed by atoms with Crippen LogP contribution in [0.2, 0.25) is 5.02 Å². The van der Waals surface area contributed by atoms with E-state index in [1.165, 1.54) is 6.42 Å². The van der Waals surface area contributed by atoms with Gasteiger partial charge in [0, 0.05) is 16.6 Å². The summed E-state index contributed by atoms with van der Waals surface area (Å²) < 4.78 is 0. The largest absolute Gasteiger partial charge is 0.349 e. The number of nitrogens with one attached hydrogen (secondary N) is 1. The number of aryl methyl sites for hydroxylation is 1. The molecule has 92 valence electrons. The second kappa shape index (κ2) is 5.09. The molecule has 1 aliphatic rings. The molecular formula is C14H18ClNO. The fourth-order valence-corrected chi connectivity index (χ4v) is 2.76. The summed E-state index contributed by atoms with van der Waals surface area (Å²) in [5.74, 6) is 0.719. The van der Waals surface area contributed by atoms with Gasteiger partial charge in [-0.15, -0.1) is 0 Å². The number of halogens is 1. The lowest BCUT2D eigenvalue weighted by molar-refractivity contribution is 0.0937. The van der Waals surface area contributed by atoms with Crippen LogP contribution >= 0.6 is 11.6 Å². The Kier molecular flexibility index (Phi) is 3.72. The summed E-state index contributed by atoms with van der Waals surface area (Å²) in [6.07, 6.45) is 3.39. The van der Waals surface area contributed by atoms with Gasteiger partial charge >= 0.3 is 0 Å². The normalized spacial score (nSPS) is 23.7. The molecule has 0 saturated heterocycles. The maximum atomic E-state index is 12.0. The Morgan fingerprint density at radius 3 is 2.71 bits per heavy atom. The molecule has 3 heteroatoms. The molecule has 0 radical (unpaired) electrons. The molecule has 1 N–H and O–H groups in total. The van der Waals surface area contributed by atoms with Crippen molar-refractivity contribution in [2.45, 2.75) is 39.2 Å². The molecule has 0 spiro atoms. The molecule has 0 aliphatic heterocycles. The maximum absolute atomic E-state index is 12.0. The minimum atomic E-state index is -0.00491. The zero-order valence-electron chi connectivity index (χ0n) is 10.3. The van der Waals surface area contributed by atoms with Crippen LogP contribution in [0.25, 0.3) is 0 Å². The molecule has 1 aromatic rings. The first-order chi connectivity index (χ1) is 8.04. The van der Waals surface area contributed by atoms with Crippen molar-refractivity contribution in [3.63, 3.8) is 0 Å². The number of hydrogen-bond acceptors (Lipinski definition) is 1. The van der Waals surface area contributed by atoms with Crippen LogP contribution in [0.15, 0.2) is 18.2 Å². The first kappa shape index (κ1) is 12.4. The van der Waals surface area contributed by atoms with Gasteiger partial charge in [-0.2, -0.15) is 0 Å². The van der Waals surface area contributed by atoms with E-state index >= 15 is 0 Å². The third kappa shape index (κ3) is 3.22. The van der Waals surface area contributed by atoms with E-state index in [2.05, 4.69) is 12.2 Å². The Morgan fingerprint density at radius 2 is 2.12 bits per heavy atom. The zero-order valence-corrected chi connectivity index (χ0v) is 11.1. The van der Waals surface area contributed by atoms with Gasteiger partial charge < -0.3 is 5.32 Å². The van der Waals surface area contributed by atoms with Crippen LogP contribution in [0.1, 0.15) is 42.1 Å². The van der Waals surface area contributed by atoms with E-state index in [1.54, 1.807) is 6.07 Å².